The number of rotatable bonds is 8. The molecular formula is C32H35N5O3. The second kappa shape index (κ2) is 12.4. The molecular weight excluding hydrogens is 502 g/mol. The Morgan fingerprint density at radius 3 is 2.25 bits per heavy atom. The average Bonchev–Trinajstić information content (AvgIpc) is 3.01. The van der Waals surface area contributed by atoms with Crippen LogP contribution in [0.25, 0.3) is 0 Å². The molecule has 3 aromatic carbocycles. The number of benzene rings is 3. The standard InChI is InChI=1S/C32H35N5O3/c1-4-25-22-30(31(33-24(25)2)40-28-15-9-6-10-16-28)37(26-12-7-5-8-13-26)34-32(38)36-20-18-35(19-21-36)27-14-11-17-29(23-27)39-3/h5-17,22-23H,4,18-21H2,1-3H3,(H,34,38). The first-order valence-corrected chi connectivity index (χ1v) is 13.6. The van der Waals surface area contributed by atoms with Crippen molar-refractivity contribution in [2.24, 2.45) is 0 Å². The Labute approximate surface area is 235 Å². The number of amides is 2. The summed E-state index contributed by atoms with van der Waals surface area (Å²) in [6.45, 7) is 6.70. The van der Waals surface area contributed by atoms with Crippen LogP contribution in [0.2, 0.25) is 0 Å². The van der Waals surface area contributed by atoms with Crippen molar-refractivity contribution in [2.45, 2.75) is 20.3 Å². The van der Waals surface area contributed by atoms with Gasteiger partial charge in [0.05, 0.1) is 12.8 Å². The number of ether oxygens (including phenoxy) is 2. The number of para-hydroxylation sites is 2. The third-order valence-corrected chi connectivity index (χ3v) is 7.05. The second-order valence-corrected chi connectivity index (χ2v) is 9.59. The van der Waals surface area contributed by atoms with Gasteiger partial charge in [-0.1, -0.05) is 49.4 Å². The number of aromatic nitrogens is 1. The fourth-order valence-electron chi connectivity index (χ4n) is 4.79. The first-order chi connectivity index (χ1) is 19.6. The fourth-order valence-corrected chi connectivity index (χ4v) is 4.79. The van der Waals surface area contributed by atoms with E-state index in [1.54, 1.807) is 12.1 Å². The van der Waals surface area contributed by atoms with E-state index in [-0.39, 0.29) is 6.03 Å². The maximum atomic E-state index is 13.7. The van der Waals surface area contributed by atoms with Gasteiger partial charge >= 0.3 is 6.03 Å². The number of methoxy groups -OCH3 is 1. The lowest BCUT2D eigenvalue weighted by Crippen LogP contribution is -2.54. The van der Waals surface area contributed by atoms with Crippen LogP contribution in [0.5, 0.6) is 17.4 Å². The maximum Gasteiger partial charge on any atom is 0.336 e. The second-order valence-electron chi connectivity index (χ2n) is 9.59. The van der Waals surface area contributed by atoms with E-state index in [4.69, 9.17) is 14.5 Å². The molecule has 2 heterocycles. The average molecular weight is 538 g/mol. The summed E-state index contributed by atoms with van der Waals surface area (Å²) in [4.78, 5) is 22.6. The number of aryl methyl sites for hydroxylation is 2. The number of nitrogens with zero attached hydrogens (tertiary/aromatic N) is 4. The SMILES string of the molecule is CCc1cc(N(NC(=O)N2CCN(c3cccc(OC)c3)CC2)c2ccccc2)c(Oc2ccccc2)nc1C. The summed E-state index contributed by atoms with van der Waals surface area (Å²) in [6, 6.07) is 29.2. The molecule has 0 unspecified atom stereocenters. The number of hydrazine groups is 1. The summed E-state index contributed by atoms with van der Waals surface area (Å²) in [5, 5.41) is 1.78. The zero-order valence-electron chi connectivity index (χ0n) is 23.2. The summed E-state index contributed by atoms with van der Waals surface area (Å²) in [5.74, 6) is 1.92. The van der Waals surface area contributed by atoms with E-state index in [1.165, 1.54) is 0 Å². The van der Waals surface area contributed by atoms with Gasteiger partial charge in [-0.2, -0.15) is 0 Å². The first kappa shape index (κ1) is 26.9. The van der Waals surface area contributed by atoms with E-state index >= 15 is 0 Å². The van der Waals surface area contributed by atoms with E-state index in [9.17, 15) is 4.79 Å². The van der Waals surface area contributed by atoms with Crippen LogP contribution in [0, 0.1) is 6.92 Å². The normalized spacial score (nSPS) is 13.1. The highest BCUT2D eigenvalue weighted by Crippen LogP contribution is 2.36. The highest BCUT2D eigenvalue weighted by Gasteiger charge is 2.26. The minimum atomic E-state index is -0.182. The number of carbonyl (C=O) groups is 1. The van der Waals surface area contributed by atoms with Crippen molar-refractivity contribution in [1.29, 1.82) is 0 Å². The van der Waals surface area contributed by atoms with E-state index in [0.29, 0.717) is 30.4 Å². The summed E-state index contributed by atoms with van der Waals surface area (Å²) in [6.07, 6.45) is 0.806. The van der Waals surface area contributed by atoms with Crippen molar-refractivity contribution in [3.8, 4) is 17.4 Å². The van der Waals surface area contributed by atoms with Crippen LogP contribution in [-0.2, 0) is 6.42 Å². The smallest absolute Gasteiger partial charge is 0.336 e. The number of pyridine rings is 1. The zero-order valence-corrected chi connectivity index (χ0v) is 23.2. The largest absolute Gasteiger partial charge is 0.497 e. The van der Waals surface area contributed by atoms with Gasteiger partial charge in [-0.3, -0.25) is 0 Å². The Hall–Kier alpha value is -4.72. The highest BCUT2D eigenvalue weighted by molar-refractivity contribution is 5.81. The van der Waals surface area contributed by atoms with Gasteiger partial charge in [0.15, 0.2) is 0 Å². The predicted molar refractivity (Wildman–Crippen MR) is 159 cm³/mol. The molecule has 1 fully saturated rings. The lowest BCUT2D eigenvalue weighted by atomic mass is 10.1. The van der Waals surface area contributed by atoms with Gasteiger partial charge < -0.3 is 19.3 Å². The summed E-state index contributed by atoms with van der Waals surface area (Å²) in [7, 11) is 1.67. The molecule has 1 aliphatic rings. The molecule has 1 saturated heterocycles. The van der Waals surface area contributed by atoms with Gasteiger partial charge in [0.1, 0.15) is 17.2 Å². The molecule has 0 spiro atoms. The molecule has 8 nitrogen and oxygen atoms in total. The minimum absolute atomic E-state index is 0.182. The molecule has 4 aromatic rings. The van der Waals surface area contributed by atoms with E-state index in [0.717, 1.165) is 47.9 Å². The van der Waals surface area contributed by atoms with E-state index in [2.05, 4.69) is 29.4 Å². The fraction of sp³-hybridized carbons (Fsp3) is 0.250. The number of anilines is 3. The highest BCUT2D eigenvalue weighted by atomic mass is 16.5. The maximum absolute atomic E-state index is 13.7. The molecule has 1 N–H and O–H groups in total. The van der Waals surface area contributed by atoms with Gasteiger partial charge in [-0.25, -0.2) is 20.2 Å². The van der Waals surface area contributed by atoms with Crippen molar-refractivity contribution in [1.82, 2.24) is 15.3 Å². The molecule has 0 aliphatic carbocycles. The molecule has 0 atom stereocenters. The third kappa shape index (κ3) is 6.12. The van der Waals surface area contributed by atoms with Crippen LogP contribution in [-0.4, -0.2) is 49.2 Å². The topological polar surface area (TPSA) is 70.2 Å². The number of carbonyl (C=O) groups excluding carboxylic acids is 1. The Bertz CT molecular complexity index is 1420. The zero-order chi connectivity index (χ0) is 27.9. The quantitative estimate of drug-likeness (QED) is 0.265. The monoisotopic (exact) mass is 537 g/mol. The van der Waals surface area contributed by atoms with Crippen molar-refractivity contribution >= 4 is 23.1 Å². The van der Waals surface area contributed by atoms with Crippen LogP contribution >= 0.6 is 0 Å². The number of nitrogens with one attached hydrogen (secondary N) is 1. The first-order valence-electron chi connectivity index (χ1n) is 13.6. The van der Waals surface area contributed by atoms with Crippen molar-refractivity contribution in [3.63, 3.8) is 0 Å². The molecule has 5 rings (SSSR count). The van der Waals surface area contributed by atoms with Crippen LogP contribution in [0.1, 0.15) is 18.2 Å². The predicted octanol–water partition coefficient (Wildman–Crippen LogP) is 6.34. The molecule has 0 saturated carbocycles. The molecule has 0 radical (unpaired) electrons. The van der Waals surface area contributed by atoms with Crippen LogP contribution < -0.4 is 24.8 Å². The van der Waals surface area contributed by atoms with Gasteiger partial charge in [-0.15, -0.1) is 0 Å². The lowest BCUT2D eigenvalue weighted by molar-refractivity contribution is 0.194. The molecule has 40 heavy (non-hydrogen) atoms. The lowest BCUT2D eigenvalue weighted by Gasteiger charge is -2.37. The Balaban J connectivity index is 1.40. The number of urea groups is 1. The van der Waals surface area contributed by atoms with Crippen molar-refractivity contribution in [2.75, 3.05) is 43.2 Å². The number of piperazine rings is 1. The Morgan fingerprint density at radius 2 is 1.57 bits per heavy atom. The molecule has 0 bridgehead atoms. The summed E-state index contributed by atoms with van der Waals surface area (Å²) < 4.78 is 11.6. The minimum Gasteiger partial charge on any atom is -0.497 e. The summed E-state index contributed by atoms with van der Waals surface area (Å²) >= 11 is 0. The van der Waals surface area contributed by atoms with E-state index < -0.39 is 0 Å². The van der Waals surface area contributed by atoms with Crippen LogP contribution in [0.4, 0.5) is 21.9 Å². The van der Waals surface area contributed by atoms with Gasteiger partial charge in [-0.05, 0) is 61.4 Å². The van der Waals surface area contributed by atoms with Crippen molar-refractivity contribution < 1.29 is 14.3 Å². The molecule has 1 aliphatic heterocycles. The van der Waals surface area contributed by atoms with Crippen LogP contribution in [0.3, 0.4) is 0 Å². The van der Waals surface area contributed by atoms with Gasteiger partial charge in [0.2, 0.25) is 5.88 Å². The summed E-state index contributed by atoms with van der Waals surface area (Å²) in [5.41, 5.74) is 7.68. The number of hydrogen-bond acceptors (Lipinski definition) is 6. The molecule has 1 aromatic heterocycles. The molecule has 2 amide bonds. The third-order valence-electron chi connectivity index (χ3n) is 7.05. The Morgan fingerprint density at radius 1 is 0.900 bits per heavy atom. The molecule has 206 valence electrons. The molecule has 8 heteroatoms. The number of hydrogen-bond donors (Lipinski definition) is 1. The van der Waals surface area contributed by atoms with Crippen molar-refractivity contribution in [3.05, 3.63) is 102 Å². The van der Waals surface area contributed by atoms with E-state index in [1.807, 2.05) is 90.7 Å². The van der Waals surface area contributed by atoms with Gasteiger partial charge in [0.25, 0.3) is 0 Å². The Kier molecular flexibility index (Phi) is 8.35. The van der Waals surface area contributed by atoms with Gasteiger partial charge in [0, 0.05) is 43.6 Å². The van der Waals surface area contributed by atoms with Crippen LogP contribution in [0.15, 0.2) is 91.0 Å².